The summed E-state index contributed by atoms with van der Waals surface area (Å²) in [5.41, 5.74) is 1.55. The first-order chi connectivity index (χ1) is 11.1. The van der Waals surface area contributed by atoms with Crippen molar-refractivity contribution in [3.8, 4) is 5.75 Å². The molecule has 0 unspecified atom stereocenters. The summed E-state index contributed by atoms with van der Waals surface area (Å²) in [4.78, 5) is 22.8. The van der Waals surface area contributed by atoms with Crippen molar-refractivity contribution in [1.29, 1.82) is 0 Å². The number of carbonyl (C=O) groups is 2. The summed E-state index contributed by atoms with van der Waals surface area (Å²) in [7, 11) is 1.58. The maximum atomic E-state index is 12.2. The van der Waals surface area contributed by atoms with Crippen LogP contribution in [0.1, 0.15) is 15.9 Å². The van der Waals surface area contributed by atoms with Gasteiger partial charge in [0.1, 0.15) is 18.9 Å². The van der Waals surface area contributed by atoms with Crippen molar-refractivity contribution in [3.63, 3.8) is 0 Å². The van der Waals surface area contributed by atoms with E-state index in [1.54, 1.807) is 55.6 Å². The zero-order valence-corrected chi connectivity index (χ0v) is 12.6. The fourth-order valence-electron chi connectivity index (χ4n) is 1.93. The maximum Gasteiger partial charge on any atom is 0.340 e. The zero-order valence-electron chi connectivity index (χ0n) is 12.6. The van der Waals surface area contributed by atoms with Gasteiger partial charge < -0.3 is 19.9 Å². The smallest absolute Gasteiger partial charge is 0.340 e. The van der Waals surface area contributed by atoms with Gasteiger partial charge in [-0.15, -0.1) is 0 Å². The highest BCUT2D eigenvalue weighted by atomic mass is 16.5. The first-order valence-corrected chi connectivity index (χ1v) is 6.95. The molecular weight excluding hydrogens is 298 g/mol. The molecule has 0 bridgehead atoms. The van der Waals surface area contributed by atoms with Gasteiger partial charge in [-0.3, -0.25) is 4.79 Å². The minimum atomic E-state index is -1.01. The fraction of sp³-hybridized carbons (Fsp3) is 0.176. The topological polar surface area (TPSA) is 84.9 Å². The van der Waals surface area contributed by atoms with E-state index in [9.17, 15) is 9.59 Å². The fourth-order valence-corrected chi connectivity index (χ4v) is 1.93. The standard InChI is InChI=1S/C17H17NO5/c1-22-13-8-6-12(7-9-13)11-23-17(21)14-4-2-3-5-15(14)18-10-16(19)20/h2-9,18H,10-11H2,1H3,(H,19,20). The molecule has 2 aromatic rings. The quantitative estimate of drug-likeness (QED) is 0.764. The highest BCUT2D eigenvalue weighted by Crippen LogP contribution is 2.17. The Morgan fingerprint density at radius 2 is 1.78 bits per heavy atom. The van der Waals surface area contributed by atoms with Crippen molar-refractivity contribution in [2.75, 3.05) is 19.0 Å². The number of nitrogens with one attached hydrogen (secondary N) is 1. The van der Waals surface area contributed by atoms with Crippen LogP contribution in [0, 0.1) is 0 Å². The predicted octanol–water partition coefficient (Wildman–Crippen LogP) is 2.55. The average molecular weight is 315 g/mol. The number of rotatable bonds is 7. The van der Waals surface area contributed by atoms with E-state index in [4.69, 9.17) is 14.6 Å². The minimum absolute atomic E-state index is 0.121. The first kappa shape index (κ1) is 16.4. The van der Waals surface area contributed by atoms with Gasteiger partial charge in [0.15, 0.2) is 0 Å². The van der Waals surface area contributed by atoms with Crippen LogP contribution in [0.2, 0.25) is 0 Å². The number of aliphatic carboxylic acids is 1. The summed E-state index contributed by atoms with van der Waals surface area (Å²) >= 11 is 0. The van der Waals surface area contributed by atoms with Crippen LogP contribution >= 0.6 is 0 Å². The third-order valence-corrected chi connectivity index (χ3v) is 3.11. The Balaban J connectivity index is 2.01. The van der Waals surface area contributed by atoms with E-state index < -0.39 is 11.9 Å². The molecule has 0 aliphatic carbocycles. The van der Waals surface area contributed by atoms with Crippen molar-refractivity contribution < 1.29 is 24.2 Å². The van der Waals surface area contributed by atoms with E-state index in [1.165, 1.54) is 0 Å². The maximum absolute atomic E-state index is 12.2. The van der Waals surface area contributed by atoms with Gasteiger partial charge in [0.05, 0.1) is 12.7 Å². The lowest BCUT2D eigenvalue weighted by Crippen LogP contribution is -2.15. The number of hydrogen-bond acceptors (Lipinski definition) is 5. The second-order valence-corrected chi connectivity index (χ2v) is 4.72. The lowest BCUT2D eigenvalue weighted by Gasteiger charge is -2.10. The summed E-state index contributed by atoms with van der Waals surface area (Å²) in [5.74, 6) is -0.802. The van der Waals surface area contributed by atoms with E-state index in [2.05, 4.69) is 5.32 Å². The Kier molecular flexibility index (Phi) is 5.57. The molecule has 0 radical (unpaired) electrons. The van der Waals surface area contributed by atoms with Crippen LogP contribution in [0.15, 0.2) is 48.5 Å². The van der Waals surface area contributed by atoms with E-state index in [1.807, 2.05) is 0 Å². The highest BCUT2D eigenvalue weighted by Gasteiger charge is 2.13. The number of methoxy groups -OCH3 is 1. The molecule has 0 saturated carbocycles. The predicted molar refractivity (Wildman–Crippen MR) is 84.7 cm³/mol. The Morgan fingerprint density at radius 1 is 1.09 bits per heavy atom. The summed E-state index contributed by atoms with van der Waals surface area (Å²) in [6.07, 6.45) is 0. The lowest BCUT2D eigenvalue weighted by molar-refractivity contribution is -0.134. The molecule has 0 aliphatic heterocycles. The van der Waals surface area contributed by atoms with E-state index in [-0.39, 0.29) is 13.2 Å². The molecule has 0 aromatic heterocycles. The molecule has 2 aromatic carbocycles. The Bertz CT molecular complexity index is 682. The number of esters is 1. The van der Waals surface area contributed by atoms with Crippen LogP contribution in [-0.2, 0) is 16.1 Å². The van der Waals surface area contributed by atoms with Gasteiger partial charge in [-0.05, 0) is 29.8 Å². The van der Waals surface area contributed by atoms with Gasteiger partial charge in [0, 0.05) is 5.69 Å². The van der Waals surface area contributed by atoms with Gasteiger partial charge in [0.25, 0.3) is 0 Å². The number of hydrogen-bond donors (Lipinski definition) is 2. The number of carbonyl (C=O) groups excluding carboxylic acids is 1. The molecule has 0 heterocycles. The van der Waals surface area contributed by atoms with Crippen molar-refractivity contribution in [2.24, 2.45) is 0 Å². The molecule has 0 aliphatic rings. The highest BCUT2D eigenvalue weighted by molar-refractivity contribution is 5.96. The third kappa shape index (κ3) is 4.74. The summed E-state index contributed by atoms with van der Waals surface area (Å²) in [5, 5.41) is 11.4. The largest absolute Gasteiger partial charge is 0.497 e. The van der Waals surface area contributed by atoms with Crippen molar-refractivity contribution in [3.05, 3.63) is 59.7 Å². The Hall–Kier alpha value is -3.02. The number of ether oxygens (including phenoxy) is 2. The van der Waals surface area contributed by atoms with Crippen LogP contribution < -0.4 is 10.1 Å². The number of anilines is 1. The average Bonchev–Trinajstić information content (AvgIpc) is 2.58. The molecule has 2 N–H and O–H groups in total. The van der Waals surface area contributed by atoms with Gasteiger partial charge in [-0.25, -0.2) is 4.79 Å². The van der Waals surface area contributed by atoms with Crippen LogP contribution in [0.5, 0.6) is 5.75 Å². The molecule has 2 rings (SSSR count). The number of carboxylic acids is 1. The monoisotopic (exact) mass is 315 g/mol. The van der Waals surface area contributed by atoms with Crippen LogP contribution in [0.25, 0.3) is 0 Å². The minimum Gasteiger partial charge on any atom is -0.497 e. The molecule has 6 heteroatoms. The molecule has 0 atom stereocenters. The van der Waals surface area contributed by atoms with E-state index >= 15 is 0 Å². The van der Waals surface area contributed by atoms with E-state index in [0.717, 1.165) is 11.3 Å². The number of carboxylic acid groups (broad SMARTS) is 1. The van der Waals surface area contributed by atoms with Gasteiger partial charge in [-0.1, -0.05) is 24.3 Å². The second kappa shape index (κ2) is 7.84. The van der Waals surface area contributed by atoms with Crippen molar-refractivity contribution in [1.82, 2.24) is 0 Å². The number of para-hydroxylation sites is 1. The lowest BCUT2D eigenvalue weighted by atomic mass is 10.1. The summed E-state index contributed by atoms with van der Waals surface area (Å²) < 4.78 is 10.3. The van der Waals surface area contributed by atoms with Gasteiger partial charge in [0.2, 0.25) is 0 Å². The molecule has 23 heavy (non-hydrogen) atoms. The summed E-state index contributed by atoms with van der Waals surface area (Å²) in [6, 6.07) is 13.8. The molecule has 0 spiro atoms. The zero-order chi connectivity index (χ0) is 16.7. The van der Waals surface area contributed by atoms with Gasteiger partial charge >= 0.3 is 11.9 Å². The van der Waals surface area contributed by atoms with E-state index in [0.29, 0.717) is 11.3 Å². The van der Waals surface area contributed by atoms with Crippen molar-refractivity contribution >= 4 is 17.6 Å². The van der Waals surface area contributed by atoms with Crippen LogP contribution in [-0.4, -0.2) is 30.7 Å². The molecule has 0 amide bonds. The Labute approximate surface area is 133 Å². The Morgan fingerprint density at radius 3 is 2.43 bits per heavy atom. The van der Waals surface area contributed by atoms with Crippen LogP contribution in [0.4, 0.5) is 5.69 Å². The van der Waals surface area contributed by atoms with Crippen molar-refractivity contribution in [2.45, 2.75) is 6.61 Å². The molecule has 0 saturated heterocycles. The first-order valence-electron chi connectivity index (χ1n) is 6.95. The molecule has 0 fully saturated rings. The molecule has 120 valence electrons. The number of benzene rings is 2. The normalized spacial score (nSPS) is 9.96. The molecular formula is C17H17NO5. The third-order valence-electron chi connectivity index (χ3n) is 3.11. The summed E-state index contributed by atoms with van der Waals surface area (Å²) in [6.45, 7) is -0.154. The second-order valence-electron chi connectivity index (χ2n) is 4.72. The molecule has 6 nitrogen and oxygen atoms in total. The van der Waals surface area contributed by atoms with Crippen LogP contribution in [0.3, 0.4) is 0 Å². The SMILES string of the molecule is COc1ccc(COC(=O)c2ccccc2NCC(=O)O)cc1. The van der Waals surface area contributed by atoms with Gasteiger partial charge in [-0.2, -0.15) is 0 Å².